The molecule has 2 heterocycles. The third kappa shape index (κ3) is 2.75. The predicted molar refractivity (Wildman–Crippen MR) is 80.4 cm³/mol. The second-order valence-electron chi connectivity index (χ2n) is 3.87. The molecule has 0 amide bonds. The van der Waals surface area contributed by atoms with Crippen LogP contribution in [0.1, 0.15) is 28.0 Å². The van der Waals surface area contributed by atoms with Crippen molar-refractivity contribution in [1.82, 2.24) is 9.78 Å². The van der Waals surface area contributed by atoms with Crippen molar-refractivity contribution in [2.24, 2.45) is 0 Å². The number of hydrogen-bond acceptors (Lipinski definition) is 3. The lowest BCUT2D eigenvalue weighted by Gasteiger charge is -2.03. The van der Waals surface area contributed by atoms with Crippen LogP contribution in [0, 0.1) is 6.92 Å². The van der Waals surface area contributed by atoms with E-state index in [0.29, 0.717) is 6.42 Å². The summed E-state index contributed by atoms with van der Waals surface area (Å²) in [6, 6.07) is 3.75. The number of carbonyl (C=O) groups excluding carboxylic acids is 1. The molecular formula is C12H12Br2N2OS. The van der Waals surface area contributed by atoms with E-state index in [-0.39, 0.29) is 5.78 Å². The molecule has 96 valence electrons. The topological polar surface area (TPSA) is 34.9 Å². The van der Waals surface area contributed by atoms with Crippen molar-refractivity contribution >= 4 is 49.0 Å². The summed E-state index contributed by atoms with van der Waals surface area (Å²) in [5.74, 6) is 0.126. The smallest absolute Gasteiger partial charge is 0.178 e. The molecule has 2 aromatic rings. The molecule has 0 atom stereocenters. The fourth-order valence-corrected chi connectivity index (χ4v) is 3.49. The van der Waals surface area contributed by atoms with Crippen LogP contribution in [0.25, 0.3) is 0 Å². The number of aromatic nitrogens is 2. The Balaban J connectivity index is 2.26. The van der Waals surface area contributed by atoms with Gasteiger partial charge in [0.25, 0.3) is 0 Å². The lowest BCUT2D eigenvalue weighted by Crippen LogP contribution is -2.09. The van der Waals surface area contributed by atoms with Crippen molar-refractivity contribution in [3.05, 3.63) is 36.7 Å². The Hall–Kier alpha value is -0.460. The van der Waals surface area contributed by atoms with E-state index in [2.05, 4.69) is 37.0 Å². The first-order valence-electron chi connectivity index (χ1n) is 5.53. The lowest BCUT2D eigenvalue weighted by atomic mass is 10.2. The van der Waals surface area contributed by atoms with E-state index >= 15 is 0 Å². The zero-order valence-corrected chi connectivity index (χ0v) is 14.0. The Bertz CT molecular complexity index is 589. The van der Waals surface area contributed by atoms with Gasteiger partial charge in [-0.3, -0.25) is 9.48 Å². The summed E-state index contributed by atoms with van der Waals surface area (Å²) in [5, 5.41) is 4.39. The Morgan fingerprint density at radius 3 is 2.72 bits per heavy atom. The minimum atomic E-state index is 0.126. The van der Waals surface area contributed by atoms with Crippen LogP contribution in [0.3, 0.4) is 0 Å². The highest BCUT2D eigenvalue weighted by Crippen LogP contribution is 2.26. The summed E-state index contributed by atoms with van der Waals surface area (Å²) in [7, 11) is 0. The molecule has 0 aliphatic heterocycles. The second kappa shape index (κ2) is 5.67. The summed E-state index contributed by atoms with van der Waals surface area (Å²) in [5.41, 5.74) is 1.87. The van der Waals surface area contributed by atoms with Crippen molar-refractivity contribution in [3.8, 4) is 0 Å². The molecule has 0 spiro atoms. The first kappa shape index (κ1) is 14.0. The molecule has 18 heavy (non-hydrogen) atoms. The highest BCUT2D eigenvalue weighted by molar-refractivity contribution is 9.11. The van der Waals surface area contributed by atoms with E-state index in [4.69, 9.17) is 0 Å². The van der Waals surface area contributed by atoms with Gasteiger partial charge >= 0.3 is 0 Å². The van der Waals surface area contributed by atoms with Crippen molar-refractivity contribution in [3.63, 3.8) is 0 Å². The number of rotatable bonds is 4. The molecule has 0 aromatic carbocycles. The quantitative estimate of drug-likeness (QED) is 0.731. The van der Waals surface area contributed by atoms with Gasteiger partial charge in [0.2, 0.25) is 0 Å². The summed E-state index contributed by atoms with van der Waals surface area (Å²) in [4.78, 5) is 13.0. The van der Waals surface area contributed by atoms with Gasteiger partial charge < -0.3 is 0 Å². The molecule has 0 bridgehead atoms. The van der Waals surface area contributed by atoms with Crippen molar-refractivity contribution in [2.75, 3.05) is 0 Å². The highest BCUT2D eigenvalue weighted by Gasteiger charge is 2.17. The Morgan fingerprint density at radius 2 is 2.17 bits per heavy atom. The zero-order chi connectivity index (χ0) is 13.3. The van der Waals surface area contributed by atoms with Crippen LogP contribution in [-0.2, 0) is 13.0 Å². The van der Waals surface area contributed by atoms with Crippen molar-refractivity contribution < 1.29 is 4.79 Å². The molecule has 0 unspecified atom stereocenters. The van der Waals surface area contributed by atoms with Crippen molar-refractivity contribution in [1.29, 1.82) is 0 Å². The fraction of sp³-hybridized carbons (Fsp3) is 0.333. The molecule has 0 saturated carbocycles. The molecule has 0 aliphatic rings. The van der Waals surface area contributed by atoms with Gasteiger partial charge in [-0.1, -0.05) is 0 Å². The van der Waals surface area contributed by atoms with E-state index in [9.17, 15) is 4.79 Å². The summed E-state index contributed by atoms with van der Waals surface area (Å²) in [6.07, 6.45) is 0.377. The summed E-state index contributed by atoms with van der Waals surface area (Å²) in [6.45, 7) is 4.73. The molecule has 2 aromatic heterocycles. The van der Waals surface area contributed by atoms with Crippen LogP contribution in [0.4, 0.5) is 0 Å². The minimum Gasteiger partial charge on any atom is -0.293 e. The van der Waals surface area contributed by atoms with E-state index in [0.717, 1.165) is 31.1 Å². The third-order valence-electron chi connectivity index (χ3n) is 2.63. The Kier molecular flexibility index (Phi) is 4.40. The number of aryl methyl sites for hydroxylation is 2. The van der Waals surface area contributed by atoms with Gasteiger partial charge in [0.15, 0.2) is 5.78 Å². The normalized spacial score (nSPS) is 10.9. The maximum absolute atomic E-state index is 12.2. The maximum atomic E-state index is 12.2. The number of hydrogen-bond donors (Lipinski definition) is 0. The van der Waals surface area contributed by atoms with Crippen LogP contribution in [0.2, 0.25) is 0 Å². The van der Waals surface area contributed by atoms with E-state index in [1.807, 2.05) is 30.7 Å². The highest BCUT2D eigenvalue weighted by atomic mass is 79.9. The van der Waals surface area contributed by atoms with Gasteiger partial charge in [0, 0.05) is 6.54 Å². The van der Waals surface area contributed by atoms with Crippen LogP contribution >= 0.6 is 43.2 Å². The predicted octanol–water partition coefficient (Wildman–Crippen LogP) is 4.22. The van der Waals surface area contributed by atoms with E-state index in [1.54, 1.807) is 0 Å². The molecule has 0 N–H and O–H groups in total. The van der Waals surface area contributed by atoms with Crippen LogP contribution in [0.15, 0.2) is 20.4 Å². The monoisotopic (exact) mass is 390 g/mol. The average molecular weight is 392 g/mol. The molecule has 0 radical (unpaired) electrons. The lowest BCUT2D eigenvalue weighted by molar-refractivity contribution is 0.0994. The summed E-state index contributed by atoms with van der Waals surface area (Å²) >= 11 is 8.34. The minimum absolute atomic E-state index is 0.126. The average Bonchev–Trinajstić information content (AvgIpc) is 2.88. The molecular weight excluding hydrogens is 380 g/mol. The largest absolute Gasteiger partial charge is 0.293 e. The van der Waals surface area contributed by atoms with Gasteiger partial charge in [0.1, 0.15) is 0 Å². The standard InChI is InChI=1S/C12H12Br2N2OS/c1-3-16-8(12(14)7(2)15-16)6-9(17)10-4-5-11(13)18-10/h4-5H,3,6H2,1-2H3. The van der Waals surface area contributed by atoms with Crippen molar-refractivity contribution in [2.45, 2.75) is 26.8 Å². The molecule has 0 fully saturated rings. The summed E-state index contributed by atoms with van der Waals surface area (Å²) < 4.78 is 3.79. The number of nitrogens with zero attached hydrogens (tertiary/aromatic N) is 2. The van der Waals surface area contributed by atoms with Gasteiger partial charge in [0.05, 0.1) is 30.9 Å². The number of Topliss-reactive ketones (excluding diaryl/α,β-unsaturated/α-hetero) is 1. The van der Waals surface area contributed by atoms with Crippen LogP contribution in [-0.4, -0.2) is 15.6 Å². The third-order valence-corrected chi connectivity index (χ3v) is 5.33. The second-order valence-corrected chi connectivity index (χ2v) is 7.12. The Labute approximate surface area is 126 Å². The first-order chi connectivity index (χ1) is 8.52. The molecule has 0 aliphatic carbocycles. The molecule has 6 heteroatoms. The Morgan fingerprint density at radius 1 is 1.44 bits per heavy atom. The van der Waals surface area contributed by atoms with Crippen LogP contribution < -0.4 is 0 Å². The zero-order valence-electron chi connectivity index (χ0n) is 10.0. The number of thiophene rings is 1. The molecule has 2 rings (SSSR count). The maximum Gasteiger partial charge on any atom is 0.178 e. The van der Waals surface area contributed by atoms with Gasteiger partial charge in [-0.2, -0.15) is 5.10 Å². The number of ketones is 1. The van der Waals surface area contributed by atoms with E-state index in [1.165, 1.54) is 11.3 Å². The molecule has 0 saturated heterocycles. The van der Waals surface area contributed by atoms with E-state index < -0.39 is 0 Å². The van der Waals surface area contributed by atoms with Gasteiger partial charge in [-0.15, -0.1) is 11.3 Å². The van der Waals surface area contributed by atoms with Crippen LogP contribution in [0.5, 0.6) is 0 Å². The number of halogens is 2. The number of carbonyl (C=O) groups is 1. The first-order valence-corrected chi connectivity index (χ1v) is 7.93. The van der Waals surface area contributed by atoms with Gasteiger partial charge in [-0.05, 0) is 57.8 Å². The molecule has 3 nitrogen and oxygen atoms in total. The fourth-order valence-electron chi connectivity index (χ4n) is 1.74. The van der Waals surface area contributed by atoms with Gasteiger partial charge in [-0.25, -0.2) is 0 Å². The SMILES string of the molecule is CCn1nc(C)c(Br)c1CC(=O)c1ccc(Br)s1.